The maximum absolute atomic E-state index is 14.7. The molecule has 4 aromatic rings. The van der Waals surface area contributed by atoms with Gasteiger partial charge in [0.1, 0.15) is 15.9 Å². The summed E-state index contributed by atoms with van der Waals surface area (Å²) in [6.45, 7) is 1.91. The van der Waals surface area contributed by atoms with E-state index in [0.29, 0.717) is 67.1 Å². The predicted molar refractivity (Wildman–Crippen MR) is 188 cm³/mol. The quantitative estimate of drug-likeness (QED) is 0.166. The summed E-state index contributed by atoms with van der Waals surface area (Å²) in [6, 6.07) is 21.6. The number of benzene rings is 2. The molecule has 6 rings (SSSR count). The van der Waals surface area contributed by atoms with Gasteiger partial charge in [-0.25, -0.2) is 9.78 Å². The minimum atomic E-state index is -0.819. The number of Topliss-reactive ketones (excluding diaryl/α,β-unsaturated/α-hetero) is 1. The number of nitrogens with zero attached hydrogens (tertiary/aromatic N) is 3. The molecule has 0 bridgehead atoms. The summed E-state index contributed by atoms with van der Waals surface area (Å²) in [4.78, 5) is 53.5. The van der Waals surface area contributed by atoms with Crippen LogP contribution in [0.1, 0.15) is 60.2 Å². The Bertz CT molecular complexity index is 1640. The van der Waals surface area contributed by atoms with Gasteiger partial charge in [0.25, 0.3) is 0 Å². The van der Waals surface area contributed by atoms with Gasteiger partial charge in [0.2, 0.25) is 5.91 Å². The third-order valence-electron chi connectivity index (χ3n) is 9.23. The molecule has 250 valence electrons. The highest BCUT2D eigenvalue weighted by Crippen LogP contribution is 2.35. The molecule has 1 aliphatic carbocycles. The highest BCUT2D eigenvalue weighted by atomic mass is 32.1. The first-order valence-corrected chi connectivity index (χ1v) is 17.8. The van der Waals surface area contributed by atoms with Gasteiger partial charge in [-0.1, -0.05) is 92.8 Å². The van der Waals surface area contributed by atoms with Crippen molar-refractivity contribution in [3.8, 4) is 21.8 Å². The van der Waals surface area contributed by atoms with E-state index < -0.39 is 12.1 Å². The zero-order valence-corrected chi connectivity index (χ0v) is 28.0. The third kappa shape index (κ3) is 8.73. The molecule has 10 heteroatoms. The number of ketones is 1. The molecule has 0 spiro atoms. The summed E-state index contributed by atoms with van der Waals surface area (Å²) in [7, 11) is 0. The van der Waals surface area contributed by atoms with Crippen LogP contribution in [0.3, 0.4) is 0 Å². The number of aryl methyl sites for hydroxylation is 1. The van der Waals surface area contributed by atoms with Gasteiger partial charge in [-0.2, -0.15) is 0 Å². The number of carbonyl (C=O) groups is 3. The second-order valence-corrected chi connectivity index (χ2v) is 13.6. The Labute approximate surface area is 286 Å². The smallest absolute Gasteiger partial charge is 0.318 e. The highest BCUT2D eigenvalue weighted by molar-refractivity contribution is 7.17. The first-order valence-electron chi connectivity index (χ1n) is 17.0. The molecule has 2 fully saturated rings. The second kappa shape index (κ2) is 16.6. The van der Waals surface area contributed by atoms with Crippen molar-refractivity contribution in [1.82, 2.24) is 25.5 Å². The van der Waals surface area contributed by atoms with Gasteiger partial charge in [-0.05, 0) is 42.9 Å². The minimum absolute atomic E-state index is 0.188. The van der Waals surface area contributed by atoms with Crippen molar-refractivity contribution < 1.29 is 19.1 Å². The van der Waals surface area contributed by atoms with Gasteiger partial charge >= 0.3 is 6.03 Å². The number of nitrogens with one attached hydrogen (secondary N) is 2. The minimum Gasteiger partial charge on any atom is -0.378 e. The van der Waals surface area contributed by atoms with Crippen molar-refractivity contribution in [2.75, 3.05) is 26.3 Å². The maximum atomic E-state index is 14.7. The Balaban J connectivity index is 1.30. The Morgan fingerprint density at radius 2 is 1.52 bits per heavy atom. The zero-order valence-electron chi connectivity index (χ0n) is 27.2. The molecule has 1 saturated heterocycles. The SMILES string of the molecule is O=C(NC(CCc1ccccc1)C(=O)c1sc(-c2ccncc2)nc1-c1ccccc1)C(CC1CCCCC1)NC(=O)N1CCOCC1. The topological polar surface area (TPSA) is 114 Å². The number of rotatable bonds is 12. The summed E-state index contributed by atoms with van der Waals surface area (Å²) in [6.07, 6.45) is 10.5. The van der Waals surface area contributed by atoms with Crippen LogP contribution in [0.5, 0.6) is 0 Å². The lowest BCUT2D eigenvalue weighted by molar-refractivity contribution is -0.124. The Kier molecular flexibility index (Phi) is 11.6. The van der Waals surface area contributed by atoms with Crippen molar-refractivity contribution >= 4 is 29.1 Å². The Morgan fingerprint density at radius 3 is 2.23 bits per heavy atom. The molecular formula is C38H43N5O4S. The largest absolute Gasteiger partial charge is 0.378 e. The van der Waals surface area contributed by atoms with Crippen molar-refractivity contribution in [3.63, 3.8) is 0 Å². The van der Waals surface area contributed by atoms with E-state index >= 15 is 0 Å². The van der Waals surface area contributed by atoms with E-state index in [1.807, 2.05) is 72.8 Å². The number of aromatic nitrogens is 2. The number of ether oxygens (including phenoxy) is 1. The summed E-state index contributed by atoms with van der Waals surface area (Å²) >= 11 is 1.33. The summed E-state index contributed by atoms with van der Waals surface area (Å²) in [5.41, 5.74) is 3.37. The van der Waals surface area contributed by atoms with E-state index in [0.717, 1.165) is 42.4 Å². The number of carbonyl (C=O) groups excluding carboxylic acids is 3. The summed E-state index contributed by atoms with van der Waals surface area (Å²) < 4.78 is 5.43. The van der Waals surface area contributed by atoms with E-state index in [4.69, 9.17) is 9.72 Å². The molecular weight excluding hydrogens is 623 g/mol. The standard InChI is InChI=1S/C38H43N5O4S/c44-34(35-33(29-14-8-3-9-15-29)42-37(48-35)30-18-20-39-21-19-30)31(17-16-27-10-4-1-5-11-27)40-36(45)32(26-28-12-6-2-7-13-28)41-38(46)43-22-24-47-25-23-43/h1,3-5,8-11,14-15,18-21,28,31-32H,2,6-7,12-13,16-17,22-26H2,(H,40,45)(H,41,46). The van der Waals surface area contributed by atoms with Crippen LogP contribution in [-0.4, -0.2) is 71.0 Å². The van der Waals surface area contributed by atoms with E-state index in [-0.39, 0.29) is 17.7 Å². The molecule has 1 aliphatic heterocycles. The van der Waals surface area contributed by atoms with Crippen molar-refractivity contribution in [2.45, 2.75) is 63.5 Å². The van der Waals surface area contributed by atoms with Crippen molar-refractivity contribution in [2.24, 2.45) is 5.92 Å². The van der Waals surface area contributed by atoms with Crippen LogP contribution in [0, 0.1) is 5.92 Å². The van der Waals surface area contributed by atoms with Crippen molar-refractivity contribution in [3.05, 3.63) is 95.6 Å². The first-order chi connectivity index (χ1) is 23.5. The lowest BCUT2D eigenvalue weighted by atomic mass is 9.84. The predicted octanol–water partition coefficient (Wildman–Crippen LogP) is 6.55. The number of hydrogen-bond acceptors (Lipinski definition) is 7. The van der Waals surface area contributed by atoms with Crippen LogP contribution >= 0.6 is 11.3 Å². The lowest BCUT2D eigenvalue weighted by Crippen LogP contribution is -2.56. The fourth-order valence-corrected chi connectivity index (χ4v) is 7.63. The number of amides is 3. The van der Waals surface area contributed by atoms with E-state index in [1.54, 1.807) is 17.3 Å². The monoisotopic (exact) mass is 665 g/mol. The number of urea groups is 1. The molecule has 48 heavy (non-hydrogen) atoms. The molecule has 1 saturated carbocycles. The first kappa shape index (κ1) is 33.5. The van der Waals surface area contributed by atoms with E-state index in [9.17, 15) is 14.4 Å². The number of thiazole rings is 1. The van der Waals surface area contributed by atoms with Crippen LogP contribution in [0.15, 0.2) is 85.2 Å². The van der Waals surface area contributed by atoms with E-state index in [2.05, 4.69) is 15.6 Å². The molecule has 2 aromatic heterocycles. The Hall–Kier alpha value is -4.41. The van der Waals surface area contributed by atoms with E-state index in [1.165, 1.54) is 17.8 Å². The van der Waals surface area contributed by atoms with Crippen LogP contribution in [-0.2, 0) is 16.0 Å². The molecule has 2 aliphatic rings. The van der Waals surface area contributed by atoms with Crippen LogP contribution in [0.25, 0.3) is 21.8 Å². The average molecular weight is 666 g/mol. The van der Waals surface area contributed by atoms with Gasteiger partial charge in [0.15, 0.2) is 5.78 Å². The normalized spacial score (nSPS) is 16.5. The van der Waals surface area contributed by atoms with Gasteiger partial charge in [-0.3, -0.25) is 14.6 Å². The second-order valence-electron chi connectivity index (χ2n) is 12.6. The molecule has 3 amide bonds. The molecule has 2 N–H and O–H groups in total. The molecule has 2 atom stereocenters. The average Bonchev–Trinajstić information content (AvgIpc) is 3.60. The zero-order chi connectivity index (χ0) is 33.1. The highest BCUT2D eigenvalue weighted by Gasteiger charge is 2.33. The number of morpholine rings is 1. The fourth-order valence-electron chi connectivity index (χ4n) is 6.55. The fraction of sp³-hybridized carbons (Fsp3) is 0.395. The molecule has 3 heterocycles. The number of pyridine rings is 1. The summed E-state index contributed by atoms with van der Waals surface area (Å²) in [5, 5.41) is 6.89. The van der Waals surface area contributed by atoms with Crippen molar-refractivity contribution in [1.29, 1.82) is 0 Å². The molecule has 0 radical (unpaired) electrons. The van der Waals surface area contributed by atoms with Crippen LogP contribution in [0.2, 0.25) is 0 Å². The van der Waals surface area contributed by atoms with Gasteiger partial charge in [0.05, 0.1) is 24.9 Å². The molecule has 2 aromatic carbocycles. The maximum Gasteiger partial charge on any atom is 0.318 e. The summed E-state index contributed by atoms with van der Waals surface area (Å²) in [5.74, 6) is -0.173. The lowest BCUT2D eigenvalue weighted by Gasteiger charge is -2.31. The Morgan fingerprint density at radius 1 is 0.833 bits per heavy atom. The van der Waals surface area contributed by atoms with Gasteiger partial charge in [-0.15, -0.1) is 11.3 Å². The molecule has 2 unspecified atom stereocenters. The van der Waals surface area contributed by atoms with Crippen LogP contribution in [0.4, 0.5) is 4.79 Å². The number of hydrogen-bond donors (Lipinski definition) is 2. The van der Waals surface area contributed by atoms with Gasteiger partial charge < -0.3 is 20.3 Å². The van der Waals surface area contributed by atoms with Gasteiger partial charge in [0, 0.05) is 36.6 Å². The third-order valence-corrected chi connectivity index (χ3v) is 10.3. The molecule has 9 nitrogen and oxygen atoms in total. The van der Waals surface area contributed by atoms with Crippen LogP contribution < -0.4 is 10.6 Å².